The molecule has 0 bridgehead atoms. The largest absolute Gasteiger partial charge is 0.288 e. The van der Waals surface area contributed by atoms with Gasteiger partial charge in [-0.25, -0.2) is 8.78 Å². The zero-order valence-corrected chi connectivity index (χ0v) is 12.4. The van der Waals surface area contributed by atoms with E-state index >= 15 is 0 Å². The first kappa shape index (κ1) is 13.9. The molecule has 0 unspecified atom stereocenters. The number of thiophene rings is 1. The van der Waals surface area contributed by atoms with Gasteiger partial charge in [-0.15, -0.1) is 11.3 Å². The van der Waals surface area contributed by atoms with Crippen molar-refractivity contribution in [2.24, 2.45) is 0 Å². The molecule has 0 radical (unpaired) electrons. The van der Waals surface area contributed by atoms with E-state index in [0.717, 1.165) is 23.5 Å². The number of carbonyl (C=O) groups is 1. The first-order chi connectivity index (χ1) is 8.40. The summed E-state index contributed by atoms with van der Waals surface area (Å²) in [5, 5.41) is -0.0207. The van der Waals surface area contributed by atoms with Crippen LogP contribution in [0.4, 0.5) is 8.78 Å². The fourth-order valence-corrected chi connectivity index (χ4v) is 3.09. The summed E-state index contributed by atoms with van der Waals surface area (Å²) >= 11 is 15.4. The van der Waals surface area contributed by atoms with Crippen LogP contribution in [-0.2, 0) is 0 Å². The SMILES string of the molecule is O=C(c1cc(Cl)c(Br)s1)c1cc(F)c(Cl)cc1F. The zero-order valence-electron chi connectivity index (χ0n) is 8.44. The zero-order chi connectivity index (χ0) is 13.4. The van der Waals surface area contributed by atoms with E-state index < -0.39 is 17.4 Å². The second kappa shape index (κ2) is 5.25. The van der Waals surface area contributed by atoms with Crippen LogP contribution in [0.25, 0.3) is 0 Å². The summed E-state index contributed by atoms with van der Waals surface area (Å²) in [6, 6.07) is 2.94. The lowest BCUT2D eigenvalue weighted by molar-refractivity contribution is 0.103. The Hall–Kier alpha value is -0.490. The van der Waals surface area contributed by atoms with Gasteiger partial charge in [0.25, 0.3) is 0 Å². The summed E-state index contributed by atoms with van der Waals surface area (Å²) in [4.78, 5) is 12.2. The molecule has 0 saturated heterocycles. The molecule has 7 heteroatoms. The van der Waals surface area contributed by atoms with E-state index in [1.54, 1.807) is 0 Å². The van der Waals surface area contributed by atoms with Gasteiger partial charge in [0.2, 0.25) is 5.78 Å². The van der Waals surface area contributed by atoms with Crippen molar-refractivity contribution in [3.05, 3.63) is 54.1 Å². The van der Waals surface area contributed by atoms with Crippen LogP contribution in [0.15, 0.2) is 22.0 Å². The third kappa shape index (κ3) is 2.59. The minimum Gasteiger partial charge on any atom is -0.288 e. The third-order valence-electron chi connectivity index (χ3n) is 2.12. The van der Waals surface area contributed by atoms with E-state index in [4.69, 9.17) is 23.2 Å². The van der Waals surface area contributed by atoms with Crippen molar-refractivity contribution in [3.63, 3.8) is 0 Å². The number of hydrogen-bond acceptors (Lipinski definition) is 2. The van der Waals surface area contributed by atoms with Crippen molar-refractivity contribution in [1.82, 2.24) is 0 Å². The quantitative estimate of drug-likeness (QED) is 0.515. The Balaban J connectivity index is 2.49. The third-order valence-corrected chi connectivity index (χ3v) is 4.89. The van der Waals surface area contributed by atoms with Crippen molar-refractivity contribution in [2.45, 2.75) is 0 Å². The van der Waals surface area contributed by atoms with Gasteiger partial charge in [0.15, 0.2) is 0 Å². The molecule has 0 fully saturated rings. The Kier molecular flexibility index (Phi) is 4.06. The highest BCUT2D eigenvalue weighted by Crippen LogP contribution is 2.34. The molecule has 0 aliphatic heterocycles. The Bertz CT molecular complexity index is 623. The number of benzene rings is 1. The molecular formula is C11H3BrCl2F2OS. The molecule has 0 amide bonds. The smallest absolute Gasteiger partial charge is 0.206 e. The van der Waals surface area contributed by atoms with Gasteiger partial charge >= 0.3 is 0 Å². The molecule has 2 aromatic rings. The standard InChI is InChI=1S/C11H3BrCl2F2OS/c12-11-6(14)3-9(18-11)10(17)4-1-8(16)5(13)2-7(4)15/h1-3H. The molecule has 0 N–H and O–H groups in total. The van der Waals surface area contributed by atoms with E-state index in [1.165, 1.54) is 6.07 Å². The van der Waals surface area contributed by atoms with Gasteiger partial charge in [0.05, 0.1) is 24.3 Å². The Morgan fingerprint density at radius 2 is 1.78 bits per heavy atom. The lowest BCUT2D eigenvalue weighted by Crippen LogP contribution is -2.03. The highest BCUT2D eigenvalue weighted by Gasteiger charge is 2.19. The van der Waals surface area contributed by atoms with Crippen molar-refractivity contribution >= 4 is 56.3 Å². The van der Waals surface area contributed by atoms with Gasteiger partial charge in [-0.1, -0.05) is 23.2 Å². The summed E-state index contributed by atoms with van der Waals surface area (Å²) in [5.74, 6) is -2.35. The molecule has 0 aliphatic carbocycles. The molecule has 1 aromatic carbocycles. The average Bonchev–Trinajstić information content (AvgIpc) is 2.63. The Morgan fingerprint density at radius 1 is 1.11 bits per heavy atom. The predicted octanol–water partition coefficient (Wildman–Crippen LogP) is 5.33. The molecule has 1 heterocycles. The van der Waals surface area contributed by atoms with Gasteiger partial charge in [0.1, 0.15) is 11.6 Å². The summed E-state index contributed by atoms with van der Waals surface area (Å²) < 4.78 is 27.4. The van der Waals surface area contributed by atoms with E-state index in [9.17, 15) is 13.6 Å². The van der Waals surface area contributed by atoms with Crippen LogP contribution in [0, 0.1) is 11.6 Å². The van der Waals surface area contributed by atoms with Crippen molar-refractivity contribution in [3.8, 4) is 0 Å². The van der Waals surface area contributed by atoms with Gasteiger partial charge in [0, 0.05) is 0 Å². The molecular weight excluding hydrogens is 369 g/mol. The number of hydrogen-bond donors (Lipinski definition) is 0. The molecule has 0 aliphatic rings. The summed E-state index contributed by atoms with van der Waals surface area (Å²) in [6.07, 6.45) is 0. The van der Waals surface area contributed by atoms with Gasteiger partial charge in [-0.2, -0.15) is 0 Å². The van der Waals surface area contributed by atoms with Gasteiger partial charge in [-0.05, 0) is 34.1 Å². The summed E-state index contributed by atoms with van der Waals surface area (Å²) in [7, 11) is 0. The molecule has 1 nitrogen and oxygen atoms in total. The number of halogens is 5. The van der Waals surface area contributed by atoms with E-state index in [1.807, 2.05) is 0 Å². The van der Waals surface area contributed by atoms with Gasteiger partial charge < -0.3 is 0 Å². The van der Waals surface area contributed by atoms with E-state index in [0.29, 0.717) is 8.81 Å². The highest BCUT2D eigenvalue weighted by atomic mass is 79.9. The van der Waals surface area contributed by atoms with Crippen molar-refractivity contribution in [1.29, 1.82) is 0 Å². The lowest BCUT2D eigenvalue weighted by atomic mass is 10.1. The minimum absolute atomic E-state index is 0.215. The number of carbonyl (C=O) groups excluding carboxylic acids is 1. The fraction of sp³-hybridized carbons (Fsp3) is 0. The van der Waals surface area contributed by atoms with Crippen molar-refractivity contribution in [2.75, 3.05) is 0 Å². The maximum Gasteiger partial charge on any atom is 0.206 e. The average molecular weight is 372 g/mol. The van der Waals surface area contributed by atoms with Crippen LogP contribution in [0.2, 0.25) is 10.0 Å². The monoisotopic (exact) mass is 370 g/mol. The molecule has 0 saturated carbocycles. The first-order valence-electron chi connectivity index (χ1n) is 4.54. The Morgan fingerprint density at radius 3 is 2.33 bits per heavy atom. The van der Waals surface area contributed by atoms with Crippen LogP contribution < -0.4 is 0 Å². The molecule has 0 spiro atoms. The molecule has 94 valence electrons. The van der Waals surface area contributed by atoms with Crippen LogP contribution >= 0.6 is 50.5 Å². The molecule has 1 aromatic heterocycles. The minimum atomic E-state index is -0.868. The molecule has 0 atom stereocenters. The second-order valence-corrected chi connectivity index (χ2v) is 6.49. The first-order valence-corrected chi connectivity index (χ1v) is 6.90. The van der Waals surface area contributed by atoms with Crippen LogP contribution in [0.1, 0.15) is 15.2 Å². The second-order valence-electron chi connectivity index (χ2n) is 3.31. The Labute approximate surface area is 123 Å². The number of ketones is 1. The van der Waals surface area contributed by atoms with E-state index in [-0.39, 0.29) is 15.5 Å². The fourth-order valence-electron chi connectivity index (χ4n) is 1.29. The summed E-state index contributed by atoms with van der Waals surface area (Å²) in [5.41, 5.74) is -0.373. The lowest BCUT2D eigenvalue weighted by Gasteiger charge is -2.02. The van der Waals surface area contributed by atoms with Crippen LogP contribution in [-0.4, -0.2) is 5.78 Å². The maximum atomic E-state index is 13.6. The molecule has 18 heavy (non-hydrogen) atoms. The number of rotatable bonds is 2. The van der Waals surface area contributed by atoms with E-state index in [2.05, 4.69) is 15.9 Å². The van der Waals surface area contributed by atoms with Gasteiger partial charge in [-0.3, -0.25) is 4.79 Å². The van der Waals surface area contributed by atoms with Crippen LogP contribution in [0.3, 0.4) is 0 Å². The van der Waals surface area contributed by atoms with Crippen LogP contribution in [0.5, 0.6) is 0 Å². The van der Waals surface area contributed by atoms with Crippen molar-refractivity contribution < 1.29 is 13.6 Å². The topological polar surface area (TPSA) is 17.1 Å². The summed E-state index contributed by atoms with van der Waals surface area (Å²) in [6.45, 7) is 0. The highest BCUT2D eigenvalue weighted by molar-refractivity contribution is 9.11. The normalized spacial score (nSPS) is 10.7. The predicted molar refractivity (Wildman–Crippen MR) is 71.8 cm³/mol. The maximum absolute atomic E-state index is 13.6. The molecule has 2 rings (SSSR count).